The van der Waals surface area contributed by atoms with E-state index in [2.05, 4.69) is 10.2 Å². The fourth-order valence-electron chi connectivity index (χ4n) is 2.93. The molecule has 1 amide bonds. The molecule has 4 nitrogen and oxygen atoms in total. The molecule has 1 saturated heterocycles. The highest BCUT2D eigenvalue weighted by Crippen LogP contribution is 2.24. The van der Waals surface area contributed by atoms with Gasteiger partial charge in [-0.2, -0.15) is 5.10 Å². The molecule has 0 bridgehead atoms. The van der Waals surface area contributed by atoms with Gasteiger partial charge in [0.05, 0.1) is 10.6 Å². The van der Waals surface area contributed by atoms with E-state index in [-0.39, 0.29) is 5.91 Å². The minimum Gasteiger partial charge on any atom is -0.338 e. The third-order valence-electron chi connectivity index (χ3n) is 3.98. The van der Waals surface area contributed by atoms with Crippen molar-refractivity contribution in [2.45, 2.75) is 19.3 Å². The molecule has 1 fully saturated rings. The number of nitrogens with one attached hydrogen (secondary N) is 1. The average Bonchev–Trinajstić information content (AvgIpc) is 3.00. The molecule has 5 heteroatoms. The van der Waals surface area contributed by atoms with Crippen LogP contribution in [0.1, 0.15) is 28.9 Å². The summed E-state index contributed by atoms with van der Waals surface area (Å²) in [6, 6.07) is 9.25. The van der Waals surface area contributed by atoms with Crippen molar-refractivity contribution in [2.75, 3.05) is 13.1 Å². The van der Waals surface area contributed by atoms with E-state index in [4.69, 9.17) is 11.6 Å². The molecule has 0 saturated carbocycles. The van der Waals surface area contributed by atoms with Crippen molar-refractivity contribution in [1.29, 1.82) is 0 Å². The van der Waals surface area contributed by atoms with E-state index in [9.17, 15) is 4.79 Å². The van der Waals surface area contributed by atoms with Crippen LogP contribution in [-0.2, 0) is 6.42 Å². The first-order valence-electron chi connectivity index (χ1n) is 7.26. The average molecular weight is 304 g/mol. The van der Waals surface area contributed by atoms with Crippen molar-refractivity contribution in [3.8, 4) is 0 Å². The lowest BCUT2D eigenvalue weighted by atomic mass is 9.93. The topological polar surface area (TPSA) is 49.0 Å². The molecule has 1 aromatic heterocycles. The Hall–Kier alpha value is -1.81. The molecule has 3 rings (SSSR count). The summed E-state index contributed by atoms with van der Waals surface area (Å²) >= 11 is 6.13. The van der Waals surface area contributed by atoms with Crippen LogP contribution in [0.25, 0.3) is 0 Å². The fourth-order valence-corrected chi connectivity index (χ4v) is 3.15. The molecule has 110 valence electrons. The van der Waals surface area contributed by atoms with Gasteiger partial charge in [0.15, 0.2) is 0 Å². The molecule has 2 aromatic rings. The monoisotopic (exact) mass is 303 g/mol. The number of piperidine rings is 1. The Morgan fingerprint density at radius 1 is 1.38 bits per heavy atom. The Bertz CT molecular complexity index is 612. The van der Waals surface area contributed by atoms with Gasteiger partial charge in [0.1, 0.15) is 0 Å². The minimum absolute atomic E-state index is 0.0370. The molecular weight excluding hydrogens is 286 g/mol. The van der Waals surface area contributed by atoms with Crippen LogP contribution in [0, 0.1) is 5.92 Å². The summed E-state index contributed by atoms with van der Waals surface area (Å²) < 4.78 is 0. The Morgan fingerprint density at radius 3 is 3.00 bits per heavy atom. The van der Waals surface area contributed by atoms with Gasteiger partial charge in [-0.3, -0.25) is 9.89 Å². The van der Waals surface area contributed by atoms with Crippen molar-refractivity contribution >= 4 is 17.5 Å². The summed E-state index contributed by atoms with van der Waals surface area (Å²) in [4.78, 5) is 14.5. The van der Waals surface area contributed by atoms with Gasteiger partial charge in [0.25, 0.3) is 5.91 Å². The first-order chi connectivity index (χ1) is 10.2. The Balaban J connectivity index is 1.68. The van der Waals surface area contributed by atoms with E-state index in [0.717, 1.165) is 38.0 Å². The number of aromatic amines is 1. The van der Waals surface area contributed by atoms with E-state index >= 15 is 0 Å². The van der Waals surface area contributed by atoms with Gasteiger partial charge < -0.3 is 4.90 Å². The Morgan fingerprint density at radius 2 is 2.24 bits per heavy atom. The number of rotatable bonds is 3. The van der Waals surface area contributed by atoms with E-state index in [0.29, 0.717) is 16.5 Å². The lowest BCUT2D eigenvalue weighted by Gasteiger charge is -2.32. The molecule has 0 spiro atoms. The van der Waals surface area contributed by atoms with E-state index in [1.165, 1.54) is 0 Å². The zero-order valence-corrected chi connectivity index (χ0v) is 12.5. The SMILES string of the molecule is O=C(c1ccccc1Cl)N1CCC[C@H](Cc2ccn[nH]2)C1. The summed E-state index contributed by atoms with van der Waals surface area (Å²) in [5.74, 6) is 0.514. The highest BCUT2D eigenvalue weighted by Gasteiger charge is 2.25. The second-order valence-corrected chi connectivity index (χ2v) is 5.93. The van der Waals surface area contributed by atoms with Crippen LogP contribution in [0.3, 0.4) is 0 Å². The lowest BCUT2D eigenvalue weighted by Crippen LogP contribution is -2.40. The number of hydrogen-bond acceptors (Lipinski definition) is 2. The second-order valence-electron chi connectivity index (χ2n) is 5.53. The van der Waals surface area contributed by atoms with Crippen LogP contribution in [0.15, 0.2) is 36.5 Å². The van der Waals surface area contributed by atoms with Crippen molar-refractivity contribution in [1.82, 2.24) is 15.1 Å². The van der Waals surface area contributed by atoms with E-state index in [1.54, 1.807) is 18.3 Å². The van der Waals surface area contributed by atoms with Crippen molar-refractivity contribution in [2.24, 2.45) is 5.92 Å². The number of benzene rings is 1. The number of aromatic nitrogens is 2. The molecule has 1 atom stereocenters. The number of hydrogen-bond donors (Lipinski definition) is 1. The second kappa shape index (κ2) is 6.31. The number of carbonyl (C=O) groups is 1. The standard InChI is InChI=1S/C16H18ClN3O/c17-15-6-2-1-5-14(15)16(21)20-9-3-4-12(11-20)10-13-7-8-18-19-13/h1-2,5-8,12H,3-4,9-11H2,(H,18,19)/t12-/m1/s1. The highest BCUT2D eigenvalue weighted by atomic mass is 35.5. The third kappa shape index (κ3) is 3.27. The Kier molecular flexibility index (Phi) is 4.25. The molecular formula is C16H18ClN3O. The van der Waals surface area contributed by atoms with Gasteiger partial charge in [0, 0.05) is 25.0 Å². The normalized spacial score (nSPS) is 18.7. The zero-order valence-electron chi connectivity index (χ0n) is 11.8. The quantitative estimate of drug-likeness (QED) is 0.947. The first-order valence-corrected chi connectivity index (χ1v) is 7.64. The largest absolute Gasteiger partial charge is 0.338 e. The molecule has 1 aliphatic rings. The number of nitrogens with zero attached hydrogens (tertiary/aromatic N) is 2. The number of amides is 1. The van der Waals surface area contributed by atoms with Gasteiger partial charge in [0.2, 0.25) is 0 Å². The number of carbonyl (C=O) groups excluding carboxylic acids is 1. The van der Waals surface area contributed by atoms with Gasteiger partial charge in [-0.1, -0.05) is 23.7 Å². The maximum absolute atomic E-state index is 12.6. The maximum atomic E-state index is 12.6. The zero-order chi connectivity index (χ0) is 14.7. The van der Waals surface area contributed by atoms with Gasteiger partial charge in [-0.25, -0.2) is 0 Å². The first kappa shape index (κ1) is 14.1. The van der Waals surface area contributed by atoms with Crippen LogP contribution in [0.2, 0.25) is 5.02 Å². The molecule has 1 N–H and O–H groups in total. The molecule has 0 radical (unpaired) electrons. The number of likely N-dealkylation sites (tertiary alicyclic amines) is 1. The fraction of sp³-hybridized carbons (Fsp3) is 0.375. The maximum Gasteiger partial charge on any atom is 0.255 e. The van der Waals surface area contributed by atoms with Crippen LogP contribution in [0.4, 0.5) is 0 Å². The van der Waals surface area contributed by atoms with E-state index < -0.39 is 0 Å². The predicted octanol–water partition coefficient (Wildman–Crippen LogP) is 3.16. The molecule has 1 aromatic carbocycles. The van der Waals surface area contributed by atoms with Crippen LogP contribution < -0.4 is 0 Å². The summed E-state index contributed by atoms with van der Waals surface area (Å²) in [6.45, 7) is 1.59. The van der Waals surface area contributed by atoms with Crippen LogP contribution in [0.5, 0.6) is 0 Å². The van der Waals surface area contributed by atoms with Gasteiger partial charge in [-0.15, -0.1) is 0 Å². The summed E-state index contributed by atoms with van der Waals surface area (Å²) in [5.41, 5.74) is 1.73. The van der Waals surface area contributed by atoms with Crippen LogP contribution >= 0.6 is 11.6 Å². The Labute approximate surface area is 129 Å². The summed E-state index contributed by atoms with van der Waals surface area (Å²) in [7, 11) is 0. The van der Waals surface area contributed by atoms with Crippen LogP contribution in [-0.4, -0.2) is 34.1 Å². The van der Waals surface area contributed by atoms with Crippen molar-refractivity contribution < 1.29 is 4.79 Å². The number of halogens is 1. The van der Waals surface area contributed by atoms with Gasteiger partial charge in [-0.05, 0) is 43.4 Å². The molecule has 0 aliphatic carbocycles. The third-order valence-corrected chi connectivity index (χ3v) is 4.31. The highest BCUT2D eigenvalue weighted by molar-refractivity contribution is 6.33. The lowest BCUT2D eigenvalue weighted by molar-refractivity contribution is 0.0673. The minimum atomic E-state index is 0.0370. The molecule has 2 heterocycles. The number of H-pyrrole nitrogens is 1. The predicted molar refractivity (Wildman–Crippen MR) is 82.4 cm³/mol. The summed E-state index contributed by atoms with van der Waals surface area (Å²) in [5, 5.41) is 7.50. The van der Waals surface area contributed by atoms with Gasteiger partial charge >= 0.3 is 0 Å². The molecule has 21 heavy (non-hydrogen) atoms. The smallest absolute Gasteiger partial charge is 0.255 e. The molecule has 1 aliphatic heterocycles. The summed E-state index contributed by atoms with van der Waals surface area (Å²) in [6.07, 6.45) is 4.89. The van der Waals surface area contributed by atoms with Crippen molar-refractivity contribution in [3.63, 3.8) is 0 Å². The molecule has 0 unspecified atom stereocenters. The van der Waals surface area contributed by atoms with Crippen molar-refractivity contribution in [3.05, 3.63) is 52.8 Å². The van der Waals surface area contributed by atoms with E-state index in [1.807, 2.05) is 23.1 Å².